The van der Waals surface area contributed by atoms with E-state index in [0.29, 0.717) is 17.3 Å². The summed E-state index contributed by atoms with van der Waals surface area (Å²) in [4.78, 5) is 23.2. The standard InChI is InChI=1S/C17H15BrClNO4/c18-13-3-7-15(8-4-13)23-11-17(22)24-10-16(21)20-9-12-1-5-14(19)6-2-12/h1-8H,9-11H2,(H,20,21). The molecule has 0 saturated carbocycles. The third kappa shape index (κ3) is 6.60. The molecule has 24 heavy (non-hydrogen) atoms. The molecule has 126 valence electrons. The van der Waals surface area contributed by atoms with Gasteiger partial charge in [-0.3, -0.25) is 4.79 Å². The zero-order valence-electron chi connectivity index (χ0n) is 12.6. The molecule has 0 aliphatic carbocycles. The summed E-state index contributed by atoms with van der Waals surface area (Å²) in [5.41, 5.74) is 0.901. The van der Waals surface area contributed by atoms with Crippen LogP contribution in [0.25, 0.3) is 0 Å². The van der Waals surface area contributed by atoms with Crippen molar-refractivity contribution < 1.29 is 19.1 Å². The molecule has 0 fully saturated rings. The third-order valence-corrected chi connectivity index (χ3v) is 3.72. The van der Waals surface area contributed by atoms with Crippen molar-refractivity contribution >= 4 is 39.4 Å². The highest BCUT2D eigenvalue weighted by Gasteiger charge is 2.08. The Labute approximate surface area is 153 Å². The van der Waals surface area contributed by atoms with Gasteiger partial charge in [0.1, 0.15) is 5.75 Å². The number of esters is 1. The summed E-state index contributed by atoms with van der Waals surface area (Å²) in [6.45, 7) is -0.273. The fourth-order valence-corrected chi connectivity index (χ4v) is 2.11. The fourth-order valence-electron chi connectivity index (χ4n) is 1.71. The van der Waals surface area contributed by atoms with E-state index < -0.39 is 5.97 Å². The van der Waals surface area contributed by atoms with Crippen molar-refractivity contribution in [2.75, 3.05) is 13.2 Å². The number of benzene rings is 2. The van der Waals surface area contributed by atoms with Gasteiger partial charge >= 0.3 is 5.97 Å². The van der Waals surface area contributed by atoms with Crippen molar-refractivity contribution in [1.29, 1.82) is 0 Å². The maximum absolute atomic E-state index is 11.6. The van der Waals surface area contributed by atoms with Crippen molar-refractivity contribution in [2.45, 2.75) is 6.54 Å². The van der Waals surface area contributed by atoms with Crippen LogP contribution >= 0.6 is 27.5 Å². The second kappa shape index (κ2) is 9.30. The Kier molecular flexibility index (Phi) is 7.08. The normalized spacial score (nSPS) is 10.1. The molecule has 0 spiro atoms. The van der Waals surface area contributed by atoms with Gasteiger partial charge in [0.25, 0.3) is 5.91 Å². The van der Waals surface area contributed by atoms with Crippen LogP contribution in [0.3, 0.4) is 0 Å². The van der Waals surface area contributed by atoms with E-state index in [1.807, 2.05) is 0 Å². The number of carbonyl (C=O) groups excluding carboxylic acids is 2. The van der Waals surface area contributed by atoms with Gasteiger partial charge < -0.3 is 14.8 Å². The molecule has 1 amide bonds. The number of nitrogens with one attached hydrogen (secondary N) is 1. The smallest absolute Gasteiger partial charge is 0.344 e. The van der Waals surface area contributed by atoms with Crippen molar-refractivity contribution in [1.82, 2.24) is 5.32 Å². The minimum Gasteiger partial charge on any atom is -0.482 e. The summed E-state index contributed by atoms with van der Waals surface area (Å²) in [7, 11) is 0. The van der Waals surface area contributed by atoms with Gasteiger partial charge in [0, 0.05) is 16.0 Å². The van der Waals surface area contributed by atoms with Crippen LogP contribution in [0.4, 0.5) is 0 Å². The first-order valence-electron chi connectivity index (χ1n) is 7.08. The SMILES string of the molecule is O=C(COC(=O)COc1ccc(Br)cc1)NCc1ccc(Cl)cc1. The third-order valence-electron chi connectivity index (χ3n) is 2.94. The van der Waals surface area contributed by atoms with E-state index in [1.54, 1.807) is 48.5 Å². The molecule has 0 unspecified atom stereocenters. The summed E-state index contributed by atoms with van der Waals surface area (Å²) < 4.78 is 11.0. The number of amides is 1. The average Bonchev–Trinajstić information content (AvgIpc) is 2.59. The first-order valence-corrected chi connectivity index (χ1v) is 8.25. The minimum atomic E-state index is -0.612. The maximum Gasteiger partial charge on any atom is 0.344 e. The summed E-state index contributed by atoms with van der Waals surface area (Å²) in [6.07, 6.45) is 0. The number of ether oxygens (including phenoxy) is 2. The predicted molar refractivity (Wildman–Crippen MR) is 93.9 cm³/mol. The second-order valence-electron chi connectivity index (χ2n) is 4.81. The Balaban J connectivity index is 1.64. The molecule has 0 bridgehead atoms. The Morgan fingerprint density at radius 2 is 1.67 bits per heavy atom. The number of carbonyl (C=O) groups is 2. The lowest BCUT2D eigenvalue weighted by Crippen LogP contribution is -2.29. The van der Waals surface area contributed by atoms with E-state index in [0.717, 1.165) is 10.0 Å². The molecule has 2 rings (SSSR count). The maximum atomic E-state index is 11.6. The topological polar surface area (TPSA) is 64.6 Å². The highest BCUT2D eigenvalue weighted by Crippen LogP contribution is 2.15. The van der Waals surface area contributed by atoms with Crippen LogP contribution in [-0.4, -0.2) is 25.1 Å². The predicted octanol–water partition coefficient (Wildman–Crippen LogP) is 3.34. The van der Waals surface area contributed by atoms with E-state index in [1.165, 1.54) is 0 Å². The molecule has 0 aliphatic rings. The quantitative estimate of drug-likeness (QED) is 0.709. The second-order valence-corrected chi connectivity index (χ2v) is 6.16. The van der Waals surface area contributed by atoms with Crippen LogP contribution in [0, 0.1) is 0 Å². The van der Waals surface area contributed by atoms with Crippen LogP contribution < -0.4 is 10.1 Å². The highest BCUT2D eigenvalue weighted by molar-refractivity contribution is 9.10. The van der Waals surface area contributed by atoms with Crippen molar-refractivity contribution in [3.05, 3.63) is 63.6 Å². The van der Waals surface area contributed by atoms with Crippen molar-refractivity contribution in [2.24, 2.45) is 0 Å². The molecule has 0 radical (unpaired) electrons. The Bertz CT molecular complexity index is 627. The molecule has 1 N–H and O–H groups in total. The van der Waals surface area contributed by atoms with E-state index >= 15 is 0 Å². The Morgan fingerprint density at radius 1 is 1.00 bits per heavy atom. The largest absolute Gasteiger partial charge is 0.482 e. The van der Waals surface area contributed by atoms with Gasteiger partial charge in [-0.2, -0.15) is 0 Å². The molecule has 2 aromatic carbocycles. The zero-order chi connectivity index (χ0) is 17.4. The van der Waals surface area contributed by atoms with Crippen molar-refractivity contribution in [3.63, 3.8) is 0 Å². The van der Waals surface area contributed by atoms with Gasteiger partial charge in [0.2, 0.25) is 0 Å². The monoisotopic (exact) mass is 411 g/mol. The van der Waals surface area contributed by atoms with Crippen LogP contribution in [0.15, 0.2) is 53.0 Å². The lowest BCUT2D eigenvalue weighted by Gasteiger charge is -2.08. The fraction of sp³-hybridized carbons (Fsp3) is 0.176. The van der Waals surface area contributed by atoms with Crippen LogP contribution in [-0.2, 0) is 20.9 Å². The number of halogens is 2. The van der Waals surface area contributed by atoms with Gasteiger partial charge in [-0.1, -0.05) is 39.7 Å². The zero-order valence-corrected chi connectivity index (χ0v) is 15.0. The van der Waals surface area contributed by atoms with E-state index in [9.17, 15) is 9.59 Å². The summed E-state index contributed by atoms with van der Waals surface area (Å²) in [6, 6.07) is 14.1. The van der Waals surface area contributed by atoms with E-state index in [4.69, 9.17) is 21.1 Å². The average molecular weight is 413 g/mol. The summed E-state index contributed by atoms with van der Waals surface area (Å²) >= 11 is 9.08. The molecular formula is C17H15BrClNO4. The molecule has 0 heterocycles. The molecule has 0 saturated heterocycles. The molecule has 0 atom stereocenters. The summed E-state index contributed by atoms with van der Waals surface area (Å²) in [5, 5.41) is 3.28. The number of rotatable bonds is 7. The van der Waals surface area contributed by atoms with Gasteiger partial charge in [-0.25, -0.2) is 4.79 Å². The molecule has 0 aromatic heterocycles. The molecule has 0 aliphatic heterocycles. The van der Waals surface area contributed by atoms with E-state index in [-0.39, 0.29) is 19.1 Å². The first-order chi connectivity index (χ1) is 11.5. The number of hydrogen-bond acceptors (Lipinski definition) is 4. The lowest BCUT2D eigenvalue weighted by molar-refractivity contribution is -0.150. The molecular weight excluding hydrogens is 398 g/mol. The van der Waals surface area contributed by atoms with E-state index in [2.05, 4.69) is 21.2 Å². The van der Waals surface area contributed by atoms with Gasteiger partial charge in [0.05, 0.1) is 0 Å². The van der Waals surface area contributed by atoms with Gasteiger partial charge in [-0.05, 0) is 42.0 Å². The van der Waals surface area contributed by atoms with Gasteiger partial charge in [-0.15, -0.1) is 0 Å². The molecule has 7 heteroatoms. The van der Waals surface area contributed by atoms with Gasteiger partial charge in [0.15, 0.2) is 13.2 Å². The minimum absolute atomic E-state index is 0.258. The molecule has 2 aromatic rings. The van der Waals surface area contributed by atoms with Crippen molar-refractivity contribution in [3.8, 4) is 5.75 Å². The van der Waals surface area contributed by atoms with Crippen LogP contribution in [0.5, 0.6) is 5.75 Å². The summed E-state index contributed by atoms with van der Waals surface area (Å²) in [5.74, 6) is -0.455. The number of hydrogen-bond donors (Lipinski definition) is 1. The molecule has 5 nitrogen and oxygen atoms in total. The Morgan fingerprint density at radius 3 is 2.33 bits per heavy atom. The highest BCUT2D eigenvalue weighted by atomic mass is 79.9. The van der Waals surface area contributed by atoms with Crippen LogP contribution in [0.2, 0.25) is 5.02 Å². The Hall–Kier alpha value is -2.05. The van der Waals surface area contributed by atoms with Crippen LogP contribution in [0.1, 0.15) is 5.56 Å². The lowest BCUT2D eigenvalue weighted by atomic mass is 10.2. The first kappa shape index (κ1) is 18.3.